The normalized spacial score (nSPS) is 11.9. The third-order valence-electron chi connectivity index (χ3n) is 2.01. The van der Waals surface area contributed by atoms with Gasteiger partial charge in [-0.3, -0.25) is 9.48 Å². The van der Waals surface area contributed by atoms with E-state index in [1.807, 2.05) is 34.6 Å². The van der Waals surface area contributed by atoms with Crippen LogP contribution in [0.2, 0.25) is 0 Å². The number of nitrogens with zero attached hydrogens (tertiary/aromatic N) is 2. The van der Waals surface area contributed by atoms with E-state index in [0.29, 0.717) is 5.56 Å². The molecule has 0 aromatic carbocycles. The smallest absolute Gasteiger partial charge is 0.255 e. The lowest BCUT2D eigenvalue weighted by molar-refractivity contribution is 0.0942. The van der Waals surface area contributed by atoms with Crippen molar-refractivity contribution in [2.24, 2.45) is 0 Å². The van der Waals surface area contributed by atoms with Crippen molar-refractivity contribution < 1.29 is 4.79 Å². The minimum absolute atomic E-state index is 0.0997. The van der Waals surface area contributed by atoms with Gasteiger partial charge in [0.15, 0.2) is 0 Å². The number of aromatic nitrogens is 2. The summed E-state index contributed by atoms with van der Waals surface area (Å²) in [6.07, 6.45) is 1.59. The minimum Gasteiger partial charge on any atom is -0.350 e. The molecule has 0 bridgehead atoms. The first kappa shape index (κ1) is 13.2. The summed E-state index contributed by atoms with van der Waals surface area (Å²) in [5.41, 5.74) is 0.429. The number of hydrogen-bond acceptors (Lipinski definition) is 2. The van der Waals surface area contributed by atoms with Crippen molar-refractivity contribution in [3.05, 3.63) is 16.4 Å². The predicted octanol–water partition coefficient (Wildman–Crippen LogP) is 2.54. The van der Waals surface area contributed by atoms with Gasteiger partial charge in [0.05, 0.1) is 17.3 Å². The molecule has 1 aromatic heterocycles. The Morgan fingerprint density at radius 3 is 2.44 bits per heavy atom. The van der Waals surface area contributed by atoms with Crippen LogP contribution in [0.1, 0.15) is 45.0 Å². The number of carbonyl (C=O) groups is 1. The van der Waals surface area contributed by atoms with Crippen LogP contribution < -0.4 is 5.32 Å². The number of halogens is 1. The summed E-state index contributed by atoms with van der Waals surface area (Å²) in [4.78, 5) is 11.8. The Hall–Kier alpha value is -0.840. The summed E-state index contributed by atoms with van der Waals surface area (Å²) in [6.45, 7) is 9.97. The third-order valence-corrected chi connectivity index (χ3v) is 2.77. The molecule has 0 aliphatic carbocycles. The number of carbonyl (C=O) groups excluding carboxylic acids is 1. The highest BCUT2D eigenvalue weighted by Crippen LogP contribution is 2.23. The quantitative estimate of drug-likeness (QED) is 0.909. The summed E-state index contributed by atoms with van der Waals surface area (Å²) in [5.74, 6) is -0.0997. The van der Waals surface area contributed by atoms with Crippen molar-refractivity contribution in [3.63, 3.8) is 0 Å². The molecular formula is C11H18BrN3O. The van der Waals surface area contributed by atoms with Crippen molar-refractivity contribution in [1.29, 1.82) is 0 Å². The zero-order chi connectivity index (χ0) is 12.5. The van der Waals surface area contributed by atoms with Gasteiger partial charge in [-0.25, -0.2) is 0 Å². The van der Waals surface area contributed by atoms with E-state index in [1.165, 1.54) is 0 Å². The van der Waals surface area contributed by atoms with Gasteiger partial charge in [0, 0.05) is 6.04 Å². The van der Waals surface area contributed by atoms with Gasteiger partial charge in [0.1, 0.15) is 4.60 Å². The molecule has 1 aromatic rings. The Balaban J connectivity index is 3.01. The SMILES string of the molecule is CC(C)NC(=O)c1cnn(C(C)(C)C)c1Br. The maximum atomic E-state index is 11.8. The van der Waals surface area contributed by atoms with Gasteiger partial charge in [-0.2, -0.15) is 5.10 Å². The van der Waals surface area contributed by atoms with Gasteiger partial charge >= 0.3 is 0 Å². The van der Waals surface area contributed by atoms with Crippen LogP contribution in [0.25, 0.3) is 0 Å². The van der Waals surface area contributed by atoms with Crippen molar-refractivity contribution in [1.82, 2.24) is 15.1 Å². The van der Waals surface area contributed by atoms with Gasteiger partial charge in [0.25, 0.3) is 5.91 Å². The number of amides is 1. The van der Waals surface area contributed by atoms with Crippen LogP contribution in [-0.4, -0.2) is 21.7 Å². The van der Waals surface area contributed by atoms with Crippen LogP contribution >= 0.6 is 15.9 Å². The molecule has 0 saturated carbocycles. The van der Waals surface area contributed by atoms with E-state index >= 15 is 0 Å². The first-order valence-corrected chi connectivity index (χ1v) is 6.07. The van der Waals surface area contributed by atoms with Gasteiger partial charge < -0.3 is 5.32 Å². The molecule has 90 valence electrons. The van der Waals surface area contributed by atoms with E-state index in [4.69, 9.17) is 0 Å². The molecule has 0 unspecified atom stereocenters. The highest BCUT2D eigenvalue weighted by molar-refractivity contribution is 9.10. The Bertz CT molecular complexity index is 390. The predicted molar refractivity (Wildman–Crippen MR) is 67.5 cm³/mol. The number of rotatable bonds is 2. The van der Waals surface area contributed by atoms with E-state index in [2.05, 4.69) is 26.3 Å². The molecule has 0 aliphatic heterocycles. The van der Waals surface area contributed by atoms with Gasteiger partial charge in [-0.1, -0.05) is 0 Å². The molecule has 1 N–H and O–H groups in total. The first-order valence-electron chi connectivity index (χ1n) is 5.28. The average molecular weight is 288 g/mol. The van der Waals surface area contributed by atoms with Crippen LogP contribution in [-0.2, 0) is 5.54 Å². The molecule has 0 saturated heterocycles. The molecule has 4 nitrogen and oxygen atoms in total. The zero-order valence-corrected chi connectivity index (χ0v) is 11.9. The second kappa shape index (κ2) is 4.57. The summed E-state index contributed by atoms with van der Waals surface area (Å²) in [6, 6.07) is 0.123. The minimum atomic E-state index is -0.144. The lowest BCUT2D eigenvalue weighted by atomic mass is 10.1. The molecule has 0 aliphatic rings. The molecular weight excluding hydrogens is 270 g/mol. The molecule has 0 radical (unpaired) electrons. The summed E-state index contributed by atoms with van der Waals surface area (Å²) in [5, 5.41) is 7.07. The molecule has 1 amide bonds. The highest BCUT2D eigenvalue weighted by Gasteiger charge is 2.22. The lowest BCUT2D eigenvalue weighted by Gasteiger charge is -2.20. The van der Waals surface area contributed by atoms with Gasteiger partial charge in [0.2, 0.25) is 0 Å². The van der Waals surface area contributed by atoms with E-state index in [1.54, 1.807) is 10.9 Å². The van der Waals surface area contributed by atoms with Crippen molar-refractivity contribution in [2.45, 2.75) is 46.2 Å². The Morgan fingerprint density at radius 1 is 1.50 bits per heavy atom. The maximum absolute atomic E-state index is 11.8. The number of nitrogens with one attached hydrogen (secondary N) is 1. The van der Waals surface area contributed by atoms with Crippen LogP contribution in [0, 0.1) is 0 Å². The largest absolute Gasteiger partial charge is 0.350 e. The van der Waals surface area contributed by atoms with E-state index in [9.17, 15) is 4.79 Å². The molecule has 5 heteroatoms. The summed E-state index contributed by atoms with van der Waals surface area (Å²) in [7, 11) is 0. The summed E-state index contributed by atoms with van der Waals surface area (Å²) < 4.78 is 2.51. The molecule has 1 heterocycles. The van der Waals surface area contributed by atoms with E-state index in [0.717, 1.165) is 4.60 Å². The van der Waals surface area contributed by atoms with Crippen LogP contribution in [0.5, 0.6) is 0 Å². The number of hydrogen-bond donors (Lipinski definition) is 1. The van der Waals surface area contributed by atoms with Gasteiger partial charge in [-0.05, 0) is 50.5 Å². The Morgan fingerprint density at radius 2 is 2.06 bits per heavy atom. The zero-order valence-electron chi connectivity index (χ0n) is 10.3. The Kier molecular flexibility index (Phi) is 3.78. The molecule has 16 heavy (non-hydrogen) atoms. The fourth-order valence-electron chi connectivity index (χ4n) is 1.29. The van der Waals surface area contributed by atoms with Crippen molar-refractivity contribution >= 4 is 21.8 Å². The van der Waals surface area contributed by atoms with Crippen LogP contribution in [0.3, 0.4) is 0 Å². The van der Waals surface area contributed by atoms with E-state index < -0.39 is 0 Å². The van der Waals surface area contributed by atoms with Crippen molar-refractivity contribution in [2.75, 3.05) is 0 Å². The highest BCUT2D eigenvalue weighted by atomic mass is 79.9. The summed E-state index contributed by atoms with van der Waals surface area (Å²) >= 11 is 3.42. The van der Waals surface area contributed by atoms with E-state index in [-0.39, 0.29) is 17.5 Å². The average Bonchev–Trinajstić information content (AvgIpc) is 2.44. The lowest BCUT2D eigenvalue weighted by Crippen LogP contribution is -2.30. The fourth-order valence-corrected chi connectivity index (χ4v) is 2.20. The third kappa shape index (κ3) is 2.84. The topological polar surface area (TPSA) is 46.9 Å². The second-order valence-electron chi connectivity index (χ2n) is 5.06. The maximum Gasteiger partial charge on any atom is 0.255 e. The standard InChI is InChI=1S/C11H18BrN3O/c1-7(2)14-10(16)8-6-13-15(9(8)12)11(3,4)5/h6-7H,1-5H3,(H,14,16). The van der Waals surface area contributed by atoms with Crippen LogP contribution in [0.15, 0.2) is 10.8 Å². The molecule has 0 spiro atoms. The monoisotopic (exact) mass is 287 g/mol. The molecule has 0 fully saturated rings. The fraction of sp³-hybridized carbons (Fsp3) is 0.636. The second-order valence-corrected chi connectivity index (χ2v) is 5.81. The van der Waals surface area contributed by atoms with Crippen molar-refractivity contribution in [3.8, 4) is 0 Å². The Labute approximate surface area is 105 Å². The van der Waals surface area contributed by atoms with Gasteiger partial charge in [-0.15, -0.1) is 0 Å². The molecule has 1 rings (SSSR count). The van der Waals surface area contributed by atoms with Crippen LogP contribution in [0.4, 0.5) is 0 Å². The molecule has 0 atom stereocenters. The first-order chi connectivity index (χ1) is 7.23.